The van der Waals surface area contributed by atoms with Gasteiger partial charge in [-0.25, -0.2) is 4.99 Å². The maximum atomic E-state index is 6.05. The average molecular weight is 223 g/mol. The van der Waals surface area contributed by atoms with Gasteiger partial charge in [0.15, 0.2) is 5.96 Å². The van der Waals surface area contributed by atoms with Crippen LogP contribution in [-0.2, 0) is 4.74 Å². The lowest BCUT2D eigenvalue weighted by atomic mass is 10.3. The minimum Gasteiger partial charge on any atom is -0.375 e. The van der Waals surface area contributed by atoms with Crippen LogP contribution in [0.2, 0.25) is 0 Å². The summed E-state index contributed by atoms with van der Waals surface area (Å²) in [5.41, 5.74) is 6.05. The quantitative estimate of drug-likeness (QED) is 0.557. The lowest BCUT2D eigenvalue weighted by Crippen LogP contribution is -2.48. The molecular weight excluding hydrogens is 202 g/mol. The van der Waals surface area contributed by atoms with E-state index in [1.807, 2.05) is 0 Å². The standard InChI is InChI=1S/C12H21N3O/c1-8-7-15(4-5-16-8)12(13)14-11-6-10(11)9-2-3-9/h8-11H,2-7H2,1H3,(H2,13,14)/t8?,10-,11+/m0/s1. The highest BCUT2D eigenvalue weighted by molar-refractivity contribution is 5.78. The molecule has 4 heteroatoms. The van der Waals surface area contributed by atoms with Crippen molar-refractivity contribution >= 4 is 5.96 Å². The molecule has 3 fully saturated rings. The Balaban J connectivity index is 1.55. The summed E-state index contributed by atoms with van der Waals surface area (Å²) in [5, 5.41) is 0. The number of aliphatic imine (C=N–C) groups is 1. The number of guanidine groups is 1. The molecule has 1 saturated heterocycles. The molecule has 0 aromatic rings. The Morgan fingerprint density at radius 1 is 1.44 bits per heavy atom. The van der Waals surface area contributed by atoms with Crippen molar-refractivity contribution in [3.8, 4) is 0 Å². The van der Waals surface area contributed by atoms with Gasteiger partial charge in [0.1, 0.15) is 0 Å². The molecule has 0 spiro atoms. The average Bonchev–Trinajstić information content (AvgIpc) is 3.11. The van der Waals surface area contributed by atoms with E-state index in [0.29, 0.717) is 6.04 Å². The molecule has 0 radical (unpaired) electrons. The first-order valence-corrected chi connectivity index (χ1v) is 6.44. The molecule has 0 bridgehead atoms. The number of ether oxygens (including phenoxy) is 1. The van der Waals surface area contributed by atoms with Gasteiger partial charge in [0.2, 0.25) is 0 Å². The van der Waals surface area contributed by atoms with Gasteiger partial charge in [0.25, 0.3) is 0 Å². The van der Waals surface area contributed by atoms with Crippen molar-refractivity contribution in [1.29, 1.82) is 0 Å². The maximum Gasteiger partial charge on any atom is 0.191 e. The zero-order chi connectivity index (χ0) is 11.1. The van der Waals surface area contributed by atoms with Crippen molar-refractivity contribution in [2.75, 3.05) is 19.7 Å². The van der Waals surface area contributed by atoms with E-state index >= 15 is 0 Å². The second kappa shape index (κ2) is 3.91. The lowest BCUT2D eigenvalue weighted by molar-refractivity contribution is 0.00527. The summed E-state index contributed by atoms with van der Waals surface area (Å²) in [4.78, 5) is 6.82. The summed E-state index contributed by atoms with van der Waals surface area (Å²) >= 11 is 0. The Labute approximate surface area is 96.8 Å². The SMILES string of the molecule is CC1CN(C(N)=N[C@@H]2C[C@H]2C2CC2)CCO1. The maximum absolute atomic E-state index is 6.05. The van der Waals surface area contributed by atoms with Crippen LogP contribution in [0.15, 0.2) is 4.99 Å². The van der Waals surface area contributed by atoms with Crippen LogP contribution in [0.1, 0.15) is 26.2 Å². The Bertz CT molecular complexity index is 301. The molecule has 3 rings (SSSR count). The normalized spacial score (nSPS) is 39.9. The zero-order valence-corrected chi connectivity index (χ0v) is 9.93. The lowest BCUT2D eigenvalue weighted by Gasteiger charge is -2.31. The van der Waals surface area contributed by atoms with Crippen LogP contribution in [0, 0.1) is 11.8 Å². The van der Waals surface area contributed by atoms with Crippen LogP contribution in [0.25, 0.3) is 0 Å². The van der Waals surface area contributed by atoms with Gasteiger partial charge in [0.05, 0.1) is 18.8 Å². The van der Waals surface area contributed by atoms with Crippen molar-refractivity contribution in [3.63, 3.8) is 0 Å². The highest BCUT2D eigenvalue weighted by atomic mass is 16.5. The number of hydrogen-bond donors (Lipinski definition) is 1. The van der Waals surface area contributed by atoms with E-state index in [2.05, 4.69) is 16.8 Å². The van der Waals surface area contributed by atoms with Crippen molar-refractivity contribution < 1.29 is 4.74 Å². The second-order valence-electron chi connectivity index (χ2n) is 5.42. The molecule has 3 atom stereocenters. The van der Waals surface area contributed by atoms with Gasteiger partial charge >= 0.3 is 0 Å². The van der Waals surface area contributed by atoms with Gasteiger partial charge in [-0.05, 0) is 38.0 Å². The van der Waals surface area contributed by atoms with Gasteiger partial charge in [-0.3, -0.25) is 0 Å². The van der Waals surface area contributed by atoms with Crippen molar-refractivity contribution in [3.05, 3.63) is 0 Å². The fourth-order valence-corrected chi connectivity index (χ4v) is 2.66. The Morgan fingerprint density at radius 2 is 2.25 bits per heavy atom. The van der Waals surface area contributed by atoms with E-state index in [1.165, 1.54) is 19.3 Å². The van der Waals surface area contributed by atoms with Gasteiger partial charge in [-0.15, -0.1) is 0 Å². The molecule has 3 aliphatic rings. The predicted molar refractivity (Wildman–Crippen MR) is 63.2 cm³/mol. The van der Waals surface area contributed by atoms with Crippen LogP contribution in [0.5, 0.6) is 0 Å². The highest BCUT2D eigenvalue weighted by Gasteiger charge is 2.47. The Kier molecular flexibility index (Phi) is 2.54. The minimum absolute atomic E-state index is 0.279. The molecular formula is C12H21N3O. The molecule has 0 aromatic carbocycles. The van der Waals surface area contributed by atoms with Gasteiger partial charge < -0.3 is 15.4 Å². The summed E-state index contributed by atoms with van der Waals surface area (Å²) in [7, 11) is 0. The molecule has 2 saturated carbocycles. The van der Waals surface area contributed by atoms with Crippen molar-refractivity contribution in [1.82, 2.24) is 4.90 Å². The van der Waals surface area contributed by atoms with Gasteiger partial charge in [-0.2, -0.15) is 0 Å². The summed E-state index contributed by atoms with van der Waals surface area (Å²) in [5.74, 6) is 2.57. The van der Waals surface area contributed by atoms with Crippen LogP contribution in [-0.4, -0.2) is 42.7 Å². The van der Waals surface area contributed by atoms with Crippen LogP contribution >= 0.6 is 0 Å². The van der Waals surface area contributed by atoms with E-state index in [-0.39, 0.29) is 6.10 Å². The third-order valence-corrected chi connectivity index (χ3v) is 3.90. The van der Waals surface area contributed by atoms with Crippen LogP contribution in [0.3, 0.4) is 0 Å². The number of nitrogens with zero attached hydrogens (tertiary/aromatic N) is 2. The first kappa shape index (κ1) is 10.4. The molecule has 2 aliphatic carbocycles. The Hall–Kier alpha value is -0.770. The zero-order valence-electron chi connectivity index (χ0n) is 9.93. The van der Waals surface area contributed by atoms with E-state index in [9.17, 15) is 0 Å². The summed E-state index contributed by atoms with van der Waals surface area (Å²) in [6, 6.07) is 0.533. The van der Waals surface area contributed by atoms with Crippen molar-refractivity contribution in [2.45, 2.75) is 38.3 Å². The van der Waals surface area contributed by atoms with Crippen molar-refractivity contribution in [2.24, 2.45) is 22.6 Å². The minimum atomic E-state index is 0.279. The van der Waals surface area contributed by atoms with Gasteiger partial charge in [-0.1, -0.05) is 0 Å². The topological polar surface area (TPSA) is 50.8 Å². The molecule has 4 nitrogen and oxygen atoms in total. The fourth-order valence-electron chi connectivity index (χ4n) is 2.66. The first-order chi connectivity index (χ1) is 7.74. The number of nitrogens with two attached hydrogens (primary N) is 1. The molecule has 16 heavy (non-hydrogen) atoms. The third kappa shape index (κ3) is 2.17. The summed E-state index contributed by atoms with van der Waals surface area (Å²) in [6.45, 7) is 4.63. The molecule has 1 aliphatic heterocycles. The molecule has 0 amide bonds. The molecule has 2 N–H and O–H groups in total. The monoisotopic (exact) mass is 223 g/mol. The molecule has 90 valence electrons. The Morgan fingerprint density at radius 3 is 2.94 bits per heavy atom. The summed E-state index contributed by atoms with van der Waals surface area (Å²) in [6.07, 6.45) is 4.39. The predicted octanol–water partition coefficient (Wildman–Crippen LogP) is 0.820. The second-order valence-corrected chi connectivity index (χ2v) is 5.42. The highest BCUT2D eigenvalue weighted by Crippen LogP contribution is 2.51. The number of morpholine rings is 1. The van der Waals surface area contributed by atoms with E-state index in [1.54, 1.807) is 0 Å². The molecule has 0 aromatic heterocycles. The van der Waals surface area contributed by atoms with E-state index in [0.717, 1.165) is 37.5 Å². The fraction of sp³-hybridized carbons (Fsp3) is 0.917. The third-order valence-electron chi connectivity index (χ3n) is 3.90. The van der Waals surface area contributed by atoms with E-state index < -0.39 is 0 Å². The smallest absolute Gasteiger partial charge is 0.191 e. The van der Waals surface area contributed by atoms with Crippen LogP contribution in [0.4, 0.5) is 0 Å². The number of hydrogen-bond acceptors (Lipinski definition) is 2. The molecule has 1 heterocycles. The summed E-state index contributed by atoms with van der Waals surface area (Å²) < 4.78 is 5.50. The number of rotatable bonds is 2. The first-order valence-electron chi connectivity index (χ1n) is 6.44. The van der Waals surface area contributed by atoms with Crippen LogP contribution < -0.4 is 5.73 Å². The van der Waals surface area contributed by atoms with E-state index in [4.69, 9.17) is 10.5 Å². The molecule has 1 unspecified atom stereocenters. The van der Waals surface area contributed by atoms with Gasteiger partial charge in [0, 0.05) is 13.1 Å². The largest absolute Gasteiger partial charge is 0.375 e.